The van der Waals surface area contributed by atoms with Crippen molar-refractivity contribution in [2.45, 2.75) is 11.1 Å². The van der Waals surface area contributed by atoms with Crippen LogP contribution in [0, 0.1) is 0 Å². The number of hydrogen-bond donors (Lipinski definition) is 3. The summed E-state index contributed by atoms with van der Waals surface area (Å²) < 4.78 is 36.8. The Balaban J connectivity index is 2.11. The van der Waals surface area contributed by atoms with E-state index in [1.54, 1.807) is 18.2 Å². The van der Waals surface area contributed by atoms with Crippen molar-refractivity contribution in [3.8, 4) is 0 Å². The highest BCUT2D eigenvalue weighted by Gasteiger charge is 2.27. The van der Waals surface area contributed by atoms with Crippen LogP contribution in [0.15, 0.2) is 41.4 Å². The number of amides is 1. The first-order chi connectivity index (χ1) is 9.85. The molecule has 0 unspecified atom stereocenters. The minimum Gasteiger partial charge on any atom is -0.397 e. The number of para-hydroxylation sites is 1. The quantitative estimate of drug-likeness (QED) is 0.756. The van der Waals surface area contributed by atoms with Crippen molar-refractivity contribution in [2.24, 2.45) is 0 Å². The van der Waals surface area contributed by atoms with Crippen molar-refractivity contribution >= 4 is 29.0 Å². The maximum absolute atomic E-state index is 12.3. The van der Waals surface area contributed by atoms with Gasteiger partial charge < -0.3 is 16.0 Å². The van der Waals surface area contributed by atoms with Crippen LogP contribution in [0.25, 0.3) is 0 Å². The molecule has 1 aromatic heterocycles. The molecule has 4 nitrogen and oxygen atoms in total. The molecule has 0 radical (unpaired) electrons. The molecule has 8 heteroatoms. The third kappa shape index (κ3) is 4.45. The zero-order chi connectivity index (χ0) is 15.5. The molecule has 1 heterocycles. The van der Waals surface area contributed by atoms with E-state index < -0.39 is 17.8 Å². The number of alkyl halides is 3. The summed E-state index contributed by atoms with van der Waals surface area (Å²) in [4.78, 5) is 15.0. The van der Waals surface area contributed by atoms with Crippen molar-refractivity contribution in [3.63, 3.8) is 0 Å². The molecule has 0 aliphatic heterocycles. The van der Waals surface area contributed by atoms with E-state index in [2.05, 4.69) is 10.3 Å². The molecule has 0 saturated carbocycles. The molecular formula is C13H12F3N3OS. The number of aromatic amines is 1. The number of carbonyl (C=O) groups excluding carboxylic acids is 1. The predicted octanol–water partition coefficient (Wildman–Crippen LogP) is 3.50. The molecule has 1 amide bonds. The Kier molecular flexibility index (Phi) is 4.46. The van der Waals surface area contributed by atoms with E-state index in [1.807, 2.05) is 0 Å². The van der Waals surface area contributed by atoms with Crippen LogP contribution >= 0.6 is 11.8 Å². The number of thioether (sulfide) groups is 1. The molecule has 4 N–H and O–H groups in total. The van der Waals surface area contributed by atoms with Crippen molar-refractivity contribution in [3.05, 3.63) is 42.2 Å². The first kappa shape index (κ1) is 15.3. The van der Waals surface area contributed by atoms with Crippen LogP contribution in [0.2, 0.25) is 0 Å². The van der Waals surface area contributed by atoms with Crippen molar-refractivity contribution in [1.29, 1.82) is 0 Å². The van der Waals surface area contributed by atoms with E-state index in [0.717, 1.165) is 0 Å². The van der Waals surface area contributed by atoms with Gasteiger partial charge in [0.2, 0.25) is 0 Å². The molecule has 2 rings (SSSR count). The zero-order valence-corrected chi connectivity index (χ0v) is 11.5. The average molecular weight is 315 g/mol. The Labute approximate surface area is 122 Å². The normalized spacial score (nSPS) is 11.4. The number of halogens is 3. The number of benzene rings is 1. The first-order valence-corrected chi connectivity index (χ1v) is 6.87. The lowest BCUT2D eigenvalue weighted by molar-refractivity contribution is -0.105. The number of rotatable bonds is 4. The summed E-state index contributed by atoms with van der Waals surface area (Å²) in [6.07, 6.45) is -2.81. The second-order valence-electron chi connectivity index (χ2n) is 4.20. The summed E-state index contributed by atoms with van der Waals surface area (Å²) >= 11 is 0.622. The molecule has 21 heavy (non-hydrogen) atoms. The maximum Gasteiger partial charge on any atom is 0.398 e. The minimum absolute atomic E-state index is 0.239. The SMILES string of the molecule is Nc1c[nH]c(C(=O)Nc2ccccc2SCC(F)(F)F)c1. The molecule has 0 aliphatic carbocycles. The van der Waals surface area contributed by atoms with Crippen LogP contribution in [-0.2, 0) is 0 Å². The minimum atomic E-state index is -4.27. The summed E-state index contributed by atoms with van der Waals surface area (Å²) in [5.41, 5.74) is 6.46. The molecule has 1 aromatic carbocycles. The molecule has 0 atom stereocenters. The molecule has 0 fully saturated rings. The predicted molar refractivity (Wildman–Crippen MR) is 76.4 cm³/mol. The number of hydrogen-bond acceptors (Lipinski definition) is 3. The lowest BCUT2D eigenvalue weighted by Crippen LogP contribution is -2.14. The number of nitrogens with two attached hydrogens (primary N) is 1. The van der Waals surface area contributed by atoms with Gasteiger partial charge in [0.1, 0.15) is 5.69 Å². The Bertz CT molecular complexity index is 640. The zero-order valence-electron chi connectivity index (χ0n) is 10.7. The Hall–Kier alpha value is -2.09. The van der Waals surface area contributed by atoms with Crippen LogP contribution in [-0.4, -0.2) is 22.8 Å². The van der Waals surface area contributed by atoms with E-state index in [1.165, 1.54) is 18.3 Å². The van der Waals surface area contributed by atoms with Crippen LogP contribution in [0.5, 0.6) is 0 Å². The second-order valence-corrected chi connectivity index (χ2v) is 5.22. The standard InChI is InChI=1S/C13H12F3N3OS/c14-13(15,16)7-21-11-4-2-1-3-9(11)19-12(20)10-5-8(17)6-18-10/h1-6,18H,7,17H2,(H,19,20). The maximum atomic E-state index is 12.3. The highest BCUT2D eigenvalue weighted by Crippen LogP contribution is 2.32. The number of aromatic nitrogens is 1. The molecule has 0 saturated heterocycles. The fourth-order valence-electron chi connectivity index (χ4n) is 1.59. The van der Waals surface area contributed by atoms with Gasteiger partial charge in [-0.05, 0) is 18.2 Å². The van der Waals surface area contributed by atoms with Crippen molar-refractivity contribution < 1.29 is 18.0 Å². The number of carbonyl (C=O) groups is 1. The molecular weight excluding hydrogens is 303 g/mol. The monoisotopic (exact) mass is 315 g/mol. The van der Waals surface area contributed by atoms with Gasteiger partial charge >= 0.3 is 6.18 Å². The second kappa shape index (κ2) is 6.13. The highest BCUT2D eigenvalue weighted by molar-refractivity contribution is 7.99. The van der Waals surface area contributed by atoms with E-state index in [-0.39, 0.29) is 5.69 Å². The smallest absolute Gasteiger partial charge is 0.397 e. The summed E-state index contributed by atoms with van der Waals surface area (Å²) in [7, 11) is 0. The van der Waals surface area contributed by atoms with Crippen LogP contribution in [0.1, 0.15) is 10.5 Å². The van der Waals surface area contributed by atoms with Crippen LogP contribution < -0.4 is 11.1 Å². The fourth-order valence-corrected chi connectivity index (χ4v) is 2.36. The van der Waals surface area contributed by atoms with Gasteiger partial charge in [0.05, 0.1) is 11.4 Å². The molecule has 0 bridgehead atoms. The summed E-state index contributed by atoms with van der Waals surface area (Å²) in [5, 5.41) is 2.56. The van der Waals surface area contributed by atoms with E-state index in [4.69, 9.17) is 5.73 Å². The number of H-pyrrole nitrogens is 1. The molecule has 112 valence electrons. The molecule has 2 aromatic rings. The largest absolute Gasteiger partial charge is 0.398 e. The van der Waals surface area contributed by atoms with Gasteiger partial charge in [-0.2, -0.15) is 13.2 Å². The highest BCUT2D eigenvalue weighted by atomic mass is 32.2. The summed E-state index contributed by atoms with van der Waals surface area (Å²) in [5.74, 6) is -1.48. The van der Waals surface area contributed by atoms with Gasteiger partial charge in [-0.3, -0.25) is 4.79 Å². The fraction of sp³-hybridized carbons (Fsp3) is 0.154. The van der Waals surface area contributed by atoms with E-state index >= 15 is 0 Å². The lowest BCUT2D eigenvalue weighted by atomic mass is 10.3. The van der Waals surface area contributed by atoms with Crippen molar-refractivity contribution in [2.75, 3.05) is 16.8 Å². The van der Waals surface area contributed by atoms with Crippen molar-refractivity contribution in [1.82, 2.24) is 4.98 Å². The first-order valence-electron chi connectivity index (χ1n) is 5.89. The topological polar surface area (TPSA) is 70.9 Å². The van der Waals surface area contributed by atoms with Gasteiger partial charge in [-0.1, -0.05) is 12.1 Å². The van der Waals surface area contributed by atoms with Gasteiger partial charge in [0.25, 0.3) is 5.91 Å². The van der Waals surface area contributed by atoms with Gasteiger partial charge in [-0.15, -0.1) is 11.8 Å². The number of nitrogens with one attached hydrogen (secondary N) is 2. The summed E-state index contributed by atoms with van der Waals surface area (Å²) in [6.45, 7) is 0. The van der Waals surface area contributed by atoms with Gasteiger partial charge in [0.15, 0.2) is 0 Å². The third-order valence-corrected chi connectivity index (χ3v) is 3.62. The Morgan fingerprint density at radius 3 is 2.67 bits per heavy atom. The number of anilines is 2. The third-order valence-electron chi connectivity index (χ3n) is 2.48. The summed E-state index contributed by atoms with van der Waals surface area (Å²) in [6, 6.07) is 7.76. The lowest BCUT2D eigenvalue weighted by Gasteiger charge is -2.11. The van der Waals surface area contributed by atoms with E-state index in [9.17, 15) is 18.0 Å². The van der Waals surface area contributed by atoms with Gasteiger partial charge in [0, 0.05) is 16.8 Å². The Morgan fingerprint density at radius 2 is 2.05 bits per heavy atom. The van der Waals surface area contributed by atoms with Crippen LogP contribution in [0.4, 0.5) is 24.5 Å². The number of nitrogen functional groups attached to an aromatic ring is 1. The Morgan fingerprint density at radius 1 is 1.33 bits per heavy atom. The molecule has 0 spiro atoms. The van der Waals surface area contributed by atoms with Crippen LogP contribution in [0.3, 0.4) is 0 Å². The average Bonchev–Trinajstić information content (AvgIpc) is 2.83. The van der Waals surface area contributed by atoms with E-state index in [0.29, 0.717) is 28.0 Å². The molecule has 0 aliphatic rings. The van der Waals surface area contributed by atoms with Gasteiger partial charge in [-0.25, -0.2) is 0 Å².